The molecule has 0 radical (unpaired) electrons. The number of aromatic hydroxyl groups is 1. The smallest absolute Gasteiger partial charge is 0.417 e. The van der Waals surface area contributed by atoms with Gasteiger partial charge in [-0.05, 0) is 66.6 Å². The minimum absolute atomic E-state index is 0.0279. The number of phenolic OH excluding ortho intramolecular Hbond substituents is 1. The standard InChI is InChI=1S/C35H29Cl2F3N4O5/c1-2-13-43-30(46)23-12-11-22-24(27(23)32(43)48)15-25-31(47)44(42-29-26(37)14-19(16-41-29)35(38,39)40)33(49)34(25,18-5-7-20(36)8-6-18)28(22)17-3-9-21(45)10-4-17/h3-11,14,16,23-25,27-28,45H,2,12-13,15H2,1H3,(H,41,42). The molecule has 2 aromatic carbocycles. The average Bonchev–Trinajstić information content (AvgIpc) is 3.43. The fourth-order valence-corrected chi connectivity index (χ4v) is 8.67. The zero-order valence-electron chi connectivity index (χ0n) is 25.9. The summed E-state index contributed by atoms with van der Waals surface area (Å²) < 4.78 is 40.1. The first-order valence-corrected chi connectivity index (χ1v) is 16.5. The van der Waals surface area contributed by atoms with Crippen LogP contribution in [0.5, 0.6) is 5.75 Å². The largest absolute Gasteiger partial charge is 0.508 e. The number of nitrogens with one attached hydrogen (secondary N) is 1. The van der Waals surface area contributed by atoms with Crippen molar-refractivity contribution in [3.63, 3.8) is 0 Å². The summed E-state index contributed by atoms with van der Waals surface area (Å²) in [4.78, 5) is 62.1. The molecule has 2 N–H and O–H groups in total. The van der Waals surface area contributed by atoms with Crippen molar-refractivity contribution in [2.75, 3.05) is 12.0 Å². The van der Waals surface area contributed by atoms with E-state index in [0.29, 0.717) is 40.4 Å². The number of halogens is 5. The minimum Gasteiger partial charge on any atom is -0.508 e. The summed E-state index contributed by atoms with van der Waals surface area (Å²) in [5, 5.41) is 10.9. The normalized spacial score (nSPS) is 28.0. The second-order valence-electron chi connectivity index (χ2n) is 12.8. The van der Waals surface area contributed by atoms with Crippen LogP contribution < -0.4 is 5.43 Å². The Balaban J connectivity index is 1.42. The second-order valence-corrected chi connectivity index (χ2v) is 13.7. The molecule has 254 valence electrons. The van der Waals surface area contributed by atoms with E-state index < -0.39 is 63.6 Å². The van der Waals surface area contributed by atoms with Gasteiger partial charge >= 0.3 is 6.18 Å². The van der Waals surface area contributed by atoms with E-state index in [-0.39, 0.29) is 42.8 Å². The van der Waals surface area contributed by atoms with Gasteiger partial charge in [0.15, 0.2) is 5.82 Å². The van der Waals surface area contributed by atoms with E-state index in [1.807, 2.05) is 13.0 Å². The maximum absolute atomic E-state index is 15.1. The molecule has 3 aromatic rings. The molecule has 6 atom stereocenters. The molecule has 3 fully saturated rings. The SMILES string of the molecule is CCCN1C(=O)C2CC=C3C(CC4C(=O)N(Nc5ncc(C(F)(F)F)cc5Cl)C(=O)C4(c4ccc(Cl)cc4)C3c3ccc(O)cc3)C2C1=O. The van der Waals surface area contributed by atoms with Crippen LogP contribution in [0.4, 0.5) is 19.0 Å². The molecule has 1 saturated carbocycles. The van der Waals surface area contributed by atoms with Crippen molar-refractivity contribution in [3.8, 4) is 5.75 Å². The first kappa shape index (κ1) is 33.1. The maximum Gasteiger partial charge on any atom is 0.417 e. The van der Waals surface area contributed by atoms with E-state index in [0.717, 1.165) is 5.01 Å². The molecule has 4 amide bonds. The third kappa shape index (κ3) is 5.01. The Kier molecular flexibility index (Phi) is 8.02. The van der Waals surface area contributed by atoms with Crippen LogP contribution in [0.1, 0.15) is 48.8 Å². The molecule has 3 heterocycles. The molecular weight excluding hydrogens is 684 g/mol. The van der Waals surface area contributed by atoms with Gasteiger partial charge in [0.25, 0.3) is 11.8 Å². The van der Waals surface area contributed by atoms with E-state index in [9.17, 15) is 32.7 Å². The number of imide groups is 2. The van der Waals surface area contributed by atoms with Crippen LogP contribution in [0.3, 0.4) is 0 Å². The summed E-state index contributed by atoms with van der Waals surface area (Å²) in [6, 6.07) is 13.4. The predicted molar refractivity (Wildman–Crippen MR) is 172 cm³/mol. The van der Waals surface area contributed by atoms with Gasteiger partial charge in [0, 0.05) is 23.7 Å². The van der Waals surface area contributed by atoms with Crippen LogP contribution in [0, 0.1) is 23.7 Å². The van der Waals surface area contributed by atoms with Gasteiger partial charge in [-0.15, -0.1) is 0 Å². The number of amides is 4. The molecule has 1 aromatic heterocycles. The number of allylic oxidation sites excluding steroid dienone is 2. The Morgan fingerprint density at radius 2 is 1.67 bits per heavy atom. The molecule has 0 spiro atoms. The average molecular weight is 714 g/mol. The van der Waals surface area contributed by atoms with Crippen LogP contribution in [0.15, 0.2) is 72.4 Å². The zero-order chi connectivity index (χ0) is 35.0. The van der Waals surface area contributed by atoms with Crippen molar-refractivity contribution in [1.82, 2.24) is 14.9 Å². The molecular formula is C35H29Cl2F3N4O5. The van der Waals surface area contributed by atoms with Gasteiger partial charge in [0.1, 0.15) is 5.75 Å². The molecule has 2 aliphatic carbocycles. The number of rotatable bonds is 6. The lowest BCUT2D eigenvalue weighted by Crippen LogP contribution is -2.53. The van der Waals surface area contributed by atoms with Gasteiger partial charge in [-0.25, -0.2) is 4.98 Å². The summed E-state index contributed by atoms with van der Waals surface area (Å²) in [7, 11) is 0. The lowest BCUT2D eigenvalue weighted by atomic mass is 9.49. The van der Waals surface area contributed by atoms with Crippen molar-refractivity contribution in [2.45, 2.75) is 43.7 Å². The highest BCUT2D eigenvalue weighted by Crippen LogP contribution is 2.64. The Bertz CT molecular complexity index is 1920. The Labute approximate surface area is 288 Å². The summed E-state index contributed by atoms with van der Waals surface area (Å²) in [5.74, 6) is -6.30. The van der Waals surface area contributed by atoms with E-state index in [4.69, 9.17) is 23.2 Å². The van der Waals surface area contributed by atoms with Gasteiger partial charge in [-0.3, -0.25) is 29.5 Å². The number of fused-ring (bicyclic) bond motifs is 4. The van der Waals surface area contributed by atoms with E-state index >= 15 is 4.79 Å². The number of carbonyl (C=O) groups is 4. The number of benzene rings is 2. The number of phenols is 1. The predicted octanol–water partition coefficient (Wildman–Crippen LogP) is 6.51. The van der Waals surface area contributed by atoms with Gasteiger partial charge in [0.05, 0.1) is 33.8 Å². The minimum atomic E-state index is -4.73. The van der Waals surface area contributed by atoms with Crippen LogP contribution in [-0.4, -0.2) is 50.2 Å². The van der Waals surface area contributed by atoms with Crippen LogP contribution in [0.2, 0.25) is 10.0 Å². The molecule has 4 aliphatic rings. The lowest BCUT2D eigenvalue weighted by molar-refractivity contribution is -0.141. The maximum atomic E-state index is 15.1. The third-order valence-electron chi connectivity index (χ3n) is 10.3. The highest BCUT2D eigenvalue weighted by molar-refractivity contribution is 6.33. The van der Waals surface area contributed by atoms with Crippen LogP contribution in [0.25, 0.3) is 0 Å². The van der Waals surface area contributed by atoms with Gasteiger partial charge in [-0.2, -0.15) is 18.2 Å². The van der Waals surface area contributed by atoms with E-state index in [2.05, 4.69) is 10.4 Å². The molecule has 49 heavy (non-hydrogen) atoms. The van der Waals surface area contributed by atoms with E-state index in [1.165, 1.54) is 17.0 Å². The Morgan fingerprint density at radius 3 is 2.31 bits per heavy atom. The molecule has 14 heteroatoms. The first-order chi connectivity index (χ1) is 23.3. The summed E-state index contributed by atoms with van der Waals surface area (Å²) in [6.07, 6.45) is -1.42. The molecule has 9 nitrogen and oxygen atoms in total. The number of hydrogen-bond donors (Lipinski definition) is 2. The van der Waals surface area contributed by atoms with Crippen molar-refractivity contribution in [2.24, 2.45) is 23.7 Å². The number of carbonyl (C=O) groups excluding carboxylic acids is 4. The lowest BCUT2D eigenvalue weighted by Gasteiger charge is -2.50. The van der Waals surface area contributed by atoms with Crippen molar-refractivity contribution in [3.05, 3.63) is 99.2 Å². The zero-order valence-corrected chi connectivity index (χ0v) is 27.4. The number of anilines is 1. The Hall–Kier alpha value is -4.42. The highest BCUT2D eigenvalue weighted by atomic mass is 35.5. The molecule has 6 unspecified atom stereocenters. The van der Waals surface area contributed by atoms with Gasteiger partial charge in [-0.1, -0.05) is 66.0 Å². The molecule has 0 bridgehead atoms. The Morgan fingerprint density at radius 1 is 0.980 bits per heavy atom. The fourth-order valence-electron chi connectivity index (χ4n) is 8.33. The summed E-state index contributed by atoms with van der Waals surface area (Å²) in [6.45, 7) is 2.14. The van der Waals surface area contributed by atoms with Crippen LogP contribution in [-0.2, 0) is 30.8 Å². The molecule has 2 saturated heterocycles. The second kappa shape index (κ2) is 11.9. The quantitative estimate of drug-likeness (QED) is 0.221. The first-order valence-electron chi connectivity index (χ1n) is 15.8. The van der Waals surface area contributed by atoms with Gasteiger partial charge < -0.3 is 5.11 Å². The summed E-state index contributed by atoms with van der Waals surface area (Å²) in [5.41, 5.74) is 1.58. The van der Waals surface area contributed by atoms with Crippen molar-refractivity contribution < 1.29 is 37.5 Å². The number of pyridine rings is 1. The third-order valence-corrected chi connectivity index (χ3v) is 10.9. The monoisotopic (exact) mass is 712 g/mol. The molecule has 7 rings (SSSR count). The number of likely N-dealkylation sites (tertiary alicyclic amines) is 1. The fraction of sp³-hybridized carbons (Fsp3) is 0.343. The number of hydrogen-bond acceptors (Lipinski definition) is 7. The number of hydrazine groups is 1. The van der Waals surface area contributed by atoms with Gasteiger partial charge in [0.2, 0.25) is 11.8 Å². The molecule has 2 aliphatic heterocycles. The van der Waals surface area contributed by atoms with Crippen molar-refractivity contribution in [1.29, 1.82) is 0 Å². The number of alkyl halides is 3. The van der Waals surface area contributed by atoms with Crippen LogP contribution >= 0.6 is 23.2 Å². The topological polar surface area (TPSA) is 120 Å². The number of aromatic nitrogens is 1. The summed E-state index contributed by atoms with van der Waals surface area (Å²) >= 11 is 12.5. The van der Waals surface area contributed by atoms with E-state index in [1.54, 1.807) is 36.4 Å². The van der Waals surface area contributed by atoms with Crippen molar-refractivity contribution >= 4 is 52.6 Å². The number of nitrogens with zero attached hydrogens (tertiary/aromatic N) is 3. The highest BCUT2D eigenvalue weighted by Gasteiger charge is 2.70.